The highest BCUT2D eigenvalue weighted by Crippen LogP contribution is 2.34. The number of nitrogens with one attached hydrogen (secondary N) is 1. The maximum atomic E-state index is 12.6. The zero-order valence-electron chi connectivity index (χ0n) is 17.4. The van der Waals surface area contributed by atoms with Crippen LogP contribution in [0.3, 0.4) is 0 Å². The molecule has 158 valence electrons. The monoisotopic (exact) mass is 444 g/mol. The van der Waals surface area contributed by atoms with Crippen molar-refractivity contribution < 1.29 is 19.0 Å². The highest BCUT2D eigenvalue weighted by Gasteiger charge is 2.13. The SMILES string of the molecule is COc1cc(OC)c(OC)cc1CNC(=O)c1ccc(SCc2csc(C)n2)cc1. The predicted octanol–water partition coefficient (Wildman–Crippen LogP) is 4.70. The van der Waals surface area contributed by atoms with Crippen LogP contribution < -0.4 is 19.5 Å². The maximum Gasteiger partial charge on any atom is 0.251 e. The van der Waals surface area contributed by atoms with Gasteiger partial charge in [0.1, 0.15) is 5.75 Å². The fourth-order valence-corrected chi connectivity index (χ4v) is 4.35. The zero-order valence-corrected chi connectivity index (χ0v) is 19.0. The van der Waals surface area contributed by atoms with Gasteiger partial charge in [0.05, 0.1) is 32.0 Å². The van der Waals surface area contributed by atoms with Gasteiger partial charge < -0.3 is 19.5 Å². The van der Waals surface area contributed by atoms with Crippen LogP contribution in [0.4, 0.5) is 0 Å². The molecular formula is C22H24N2O4S2. The van der Waals surface area contributed by atoms with Crippen LogP contribution in [0.2, 0.25) is 0 Å². The van der Waals surface area contributed by atoms with Crippen molar-refractivity contribution in [2.24, 2.45) is 0 Å². The molecule has 6 nitrogen and oxygen atoms in total. The third-order valence-corrected chi connectivity index (χ3v) is 6.26. The summed E-state index contributed by atoms with van der Waals surface area (Å²) in [7, 11) is 4.72. The fourth-order valence-electron chi connectivity index (χ4n) is 2.84. The van der Waals surface area contributed by atoms with E-state index in [0.29, 0.717) is 29.4 Å². The van der Waals surface area contributed by atoms with Crippen molar-refractivity contribution in [1.82, 2.24) is 10.3 Å². The Balaban J connectivity index is 1.61. The van der Waals surface area contributed by atoms with Crippen LogP contribution in [0.25, 0.3) is 0 Å². The van der Waals surface area contributed by atoms with Crippen LogP contribution >= 0.6 is 23.1 Å². The number of amides is 1. The summed E-state index contributed by atoms with van der Waals surface area (Å²) >= 11 is 3.36. The molecule has 1 aromatic heterocycles. The maximum absolute atomic E-state index is 12.6. The standard InChI is InChI=1S/C22H24N2O4S2/c1-14-24-17(12-29-14)13-30-18-7-5-15(6-8-18)22(25)23-11-16-9-20(27-3)21(28-4)10-19(16)26-2/h5-10,12H,11,13H2,1-4H3,(H,23,25). The van der Waals surface area contributed by atoms with Crippen molar-refractivity contribution in [3.8, 4) is 17.2 Å². The molecule has 0 radical (unpaired) electrons. The first kappa shape index (κ1) is 22.0. The second-order valence-corrected chi connectivity index (χ2v) is 8.48. The Morgan fingerprint density at radius 1 is 1.03 bits per heavy atom. The number of methoxy groups -OCH3 is 3. The molecule has 0 aliphatic carbocycles. The Labute approximate surface area is 184 Å². The summed E-state index contributed by atoms with van der Waals surface area (Å²) in [5, 5.41) is 6.08. The largest absolute Gasteiger partial charge is 0.496 e. The first-order chi connectivity index (χ1) is 14.5. The molecular weight excluding hydrogens is 420 g/mol. The summed E-state index contributed by atoms with van der Waals surface area (Å²) in [6, 6.07) is 11.1. The Hall–Kier alpha value is -2.71. The van der Waals surface area contributed by atoms with E-state index in [4.69, 9.17) is 14.2 Å². The molecule has 0 aliphatic heterocycles. The van der Waals surface area contributed by atoms with Gasteiger partial charge in [0.2, 0.25) is 0 Å². The van der Waals surface area contributed by atoms with Gasteiger partial charge in [0.25, 0.3) is 5.91 Å². The quantitative estimate of drug-likeness (QED) is 0.483. The lowest BCUT2D eigenvalue weighted by molar-refractivity contribution is 0.0950. The van der Waals surface area contributed by atoms with Gasteiger partial charge in [-0.1, -0.05) is 0 Å². The Kier molecular flexibility index (Phi) is 7.59. The summed E-state index contributed by atoms with van der Waals surface area (Å²) in [5.41, 5.74) is 2.48. The number of hydrogen-bond donors (Lipinski definition) is 1. The van der Waals surface area contributed by atoms with Gasteiger partial charge in [-0.3, -0.25) is 4.79 Å². The number of thiazole rings is 1. The van der Waals surface area contributed by atoms with Crippen LogP contribution in [0.5, 0.6) is 17.2 Å². The number of carbonyl (C=O) groups is 1. The van der Waals surface area contributed by atoms with Crippen LogP contribution in [-0.4, -0.2) is 32.2 Å². The number of rotatable bonds is 9. The first-order valence-corrected chi connectivity index (χ1v) is 11.1. The molecule has 0 bridgehead atoms. The summed E-state index contributed by atoms with van der Waals surface area (Å²) in [6.45, 7) is 2.31. The predicted molar refractivity (Wildman–Crippen MR) is 120 cm³/mol. The molecule has 0 spiro atoms. The van der Waals surface area contributed by atoms with Gasteiger partial charge in [0.15, 0.2) is 11.5 Å². The molecule has 2 aromatic carbocycles. The summed E-state index contributed by atoms with van der Waals surface area (Å²) in [5.74, 6) is 2.44. The molecule has 0 saturated heterocycles. The highest BCUT2D eigenvalue weighted by molar-refractivity contribution is 7.98. The number of aryl methyl sites for hydroxylation is 1. The van der Waals surface area contributed by atoms with Crippen molar-refractivity contribution in [2.45, 2.75) is 24.1 Å². The van der Waals surface area contributed by atoms with Gasteiger partial charge >= 0.3 is 0 Å². The number of aromatic nitrogens is 1. The van der Waals surface area contributed by atoms with Crippen molar-refractivity contribution in [3.63, 3.8) is 0 Å². The molecule has 1 heterocycles. The minimum Gasteiger partial charge on any atom is -0.496 e. The van der Waals surface area contributed by atoms with Crippen molar-refractivity contribution in [1.29, 1.82) is 0 Å². The highest BCUT2D eigenvalue weighted by atomic mass is 32.2. The fraction of sp³-hybridized carbons (Fsp3) is 0.273. The number of carbonyl (C=O) groups excluding carboxylic acids is 1. The summed E-state index contributed by atoms with van der Waals surface area (Å²) in [6.07, 6.45) is 0. The molecule has 3 rings (SSSR count). The van der Waals surface area contributed by atoms with Gasteiger partial charge in [-0.15, -0.1) is 23.1 Å². The lowest BCUT2D eigenvalue weighted by Gasteiger charge is -2.14. The van der Waals surface area contributed by atoms with E-state index in [1.807, 2.05) is 31.2 Å². The Morgan fingerprint density at radius 3 is 2.30 bits per heavy atom. The van der Waals surface area contributed by atoms with Crippen molar-refractivity contribution in [3.05, 3.63) is 63.6 Å². The Morgan fingerprint density at radius 2 is 1.70 bits per heavy atom. The normalized spacial score (nSPS) is 10.5. The molecule has 30 heavy (non-hydrogen) atoms. The van der Waals surface area contributed by atoms with Gasteiger partial charge in [-0.2, -0.15) is 0 Å². The van der Waals surface area contributed by atoms with E-state index in [2.05, 4.69) is 15.7 Å². The van der Waals surface area contributed by atoms with E-state index >= 15 is 0 Å². The summed E-state index contributed by atoms with van der Waals surface area (Å²) in [4.78, 5) is 18.1. The lowest BCUT2D eigenvalue weighted by Crippen LogP contribution is -2.23. The molecule has 1 N–H and O–H groups in total. The number of hydrogen-bond acceptors (Lipinski definition) is 7. The van der Waals surface area contributed by atoms with E-state index in [1.165, 1.54) is 0 Å². The van der Waals surface area contributed by atoms with E-state index in [1.54, 1.807) is 56.6 Å². The van der Waals surface area contributed by atoms with Crippen molar-refractivity contribution in [2.75, 3.05) is 21.3 Å². The van der Waals surface area contributed by atoms with Gasteiger partial charge in [-0.25, -0.2) is 4.98 Å². The number of ether oxygens (including phenoxy) is 3. The van der Waals surface area contributed by atoms with Crippen LogP contribution in [0, 0.1) is 6.92 Å². The second-order valence-electron chi connectivity index (χ2n) is 6.37. The summed E-state index contributed by atoms with van der Waals surface area (Å²) < 4.78 is 16.0. The van der Waals surface area contributed by atoms with Gasteiger partial charge in [-0.05, 0) is 37.3 Å². The first-order valence-electron chi connectivity index (χ1n) is 9.25. The average molecular weight is 445 g/mol. The molecule has 0 saturated carbocycles. The Bertz CT molecular complexity index is 1000. The molecule has 8 heteroatoms. The van der Waals surface area contributed by atoms with E-state index in [-0.39, 0.29) is 5.91 Å². The van der Waals surface area contributed by atoms with Crippen LogP contribution in [-0.2, 0) is 12.3 Å². The molecule has 0 atom stereocenters. The molecule has 0 fully saturated rings. The topological polar surface area (TPSA) is 69.7 Å². The minimum absolute atomic E-state index is 0.154. The van der Waals surface area contributed by atoms with E-state index in [0.717, 1.165) is 26.9 Å². The molecule has 3 aromatic rings. The third kappa shape index (κ3) is 5.46. The number of nitrogens with zero attached hydrogens (tertiary/aromatic N) is 1. The van der Waals surface area contributed by atoms with Gasteiger partial charge in [0, 0.05) is 39.8 Å². The number of benzene rings is 2. The third-order valence-electron chi connectivity index (χ3n) is 4.40. The second kappa shape index (κ2) is 10.4. The van der Waals surface area contributed by atoms with E-state index in [9.17, 15) is 4.79 Å². The molecule has 0 unspecified atom stereocenters. The van der Waals surface area contributed by atoms with E-state index < -0.39 is 0 Å². The average Bonchev–Trinajstić information content (AvgIpc) is 3.20. The number of thioether (sulfide) groups is 1. The van der Waals surface area contributed by atoms with Crippen LogP contribution in [0.1, 0.15) is 26.6 Å². The van der Waals surface area contributed by atoms with Crippen LogP contribution in [0.15, 0.2) is 46.7 Å². The zero-order chi connectivity index (χ0) is 21.5. The lowest BCUT2D eigenvalue weighted by atomic mass is 10.1. The smallest absolute Gasteiger partial charge is 0.251 e. The minimum atomic E-state index is -0.154. The molecule has 0 aliphatic rings. The molecule has 1 amide bonds. The van der Waals surface area contributed by atoms with Crippen molar-refractivity contribution >= 4 is 29.0 Å².